The van der Waals surface area contributed by atoms with Crippen molar-refractivity contribution in [1.82, 2.24) is 0 Å². The van der Waals surface area contributed by atoms with Crippen LogP contribution in [0.5, 0.6) is 17.2 Å². The van der Waals surface area contributed by atoms with Crippen LogP contribution >= 0.6 is 0 Å². The van der Waals surface area contributed by atoms with Crippen LogP contribution in [0.1, 0.15) is 21.5 Å². The maximum Gasteiger partial charge on any atom is 0.341 e. The van der Waals surface area contributed by atoms with Crippen molar-refractivity contribution in [2.45, 2.75) is 12.8 Å². The third kappa shape index (κ3) is 2.15. The smallest absolute Gasteiger partial charge is 0.341 e. The Morgan fingerprint density at radius 2 is 1.55 bits per heavy atom. The maximum atomic E-state index is 11.8. The van der Waals surface area contributed by atoms with E-state index in [2.05, 4.69) is 0 Å². The Labute approximate surface area is 127 Å². The fourth-order valence-corrected chi connectivity index (χ4v) is 2.86. The van der Waals surface area contributed by atoms with E-state index >= 15 is 0 Å². The molecule has 1 aliphatic rings. The molecule has 114 valence electrons. The highest BCUT2D eigenvalue weighted by atomic mass is 16.5. The lowest BCUT2D eigenvalue weighted by Gasteiger charge is -2.22. The second kappa shape index (κ2) is 5.26. The topological polar surface area (TPSA) is 76.0 Å². The number of methoxy groups -OCH3 is 2. The molecule has 22 heavy (non-hydrogen) atoms. The van der Waals surface area contributed by atoms with E-state index in [0.29, 0.717) is 5.75 Å². The maximum absolute atomic E-state index is 11.8. The van der Waals surface area contributed by atoms with E-state index in [1.54, 1.807) is 24.3 Å². The van der Waals surface area contributed by atoms with E-state index < -0.39 is 5.97 Å². The standard InChI is InChI=1S/C17H16O5/c1-21-16-8-12-10(6-15(16)19)4-3-9-5-14(18)13(7-11(9)12)17(20)22-2/h5-8,18-19H,3-4H2,1-2H3. The van der Waals surface area contributed by atoms with Gasteiger partial charge in [-0.1, -0.05) is 0 Å². The first kappa shape index (κ1) is 14.3. The molecule has 0 aliphatic heterocycles. The lowest BCUT2D eigenvalue weighted by Crippen LogP contribution is -2.08. The van der Waals surface area contributed by atoms with Gasteiger partial charge in [-0.3, -0.25) is 0 Å². The van der Waals surface area contributed by atoms with Gasteiger partial charge in [-0.15, -0.1) is 0 Å². The molecule has 3 rings (SSSR count). The highest BCUT2D eigenvalue weighted by molar-refractivity contribution is 5.95. The van der Waals surface area contributed by atoms with Crippen LogP contribution in [-0.4, -0.2) is 30.4 Å². The summed E-state index contributed by atoms with van der Waals surface area (Å²) in [6.45, 7) is 0. The summed E-state index contributed by atoms with van der Waals surface area (Å²) in [6, 6.07) is 6.66. The zero-order chi connectivity index (χ0) is 15.9. The van der Waals surface area contributed by atoms with Gasteiger partial charge in [-0.05, 0) is 59.4 Å². The molecule has 2 aromatic rings. The number of carbonyl (C=O) groups excluding carboxylic acids is 1. The van der Waals surface area contributed by atoms with Crippen LogP contribution in [0.4, 0.5) is 0 Å². The van der Waals surface area contributed by atoms with Gasteiger partial charge in [0.05, 0.1) is 14.2 Å². The minimum Gasteiger partial charge on any atom is -0.507 e. The van der Waals surface area contributed by atoms with Crippen molar-refractivity contribution in [3.8, 4) is 28.4 Å². The van der Waals surface area contributed by atoms with Crippen LogP contribution < -0.4 is 4.74 Å². The SMILES string of the molecule is COC(=O)c1cc2c(cc1O)CCc1cc(O)c(OC)cc1-2. The van der Waals surface area contributed by atoms with Gasteiger partial charge in [0, 0.05) is 0 Å². The molecule has 2 N–H and O–H groups in total. The van der Waals surface area contributed by atoms with Gasteiger partial charge in [0.25, 0.3) is 0 Å². The number of hydrogen-bond acceptors (Lipinski definition) is 5. The molecule has 0 atom stereocenters. The molecule has 0 saturated heterocycles. The van der Waals surface area contributed by atoms with E-state index in [1.807, 2.05) is 0 Å². The first-order valence-corrected chi connectivity index (χ1v) is 6.89. The normalized spacial score (nSPS) is 12.3. The molecule has 0 amide bonds. The predicted molar refractivity (Wildman–Crippen MR) is 80.5 cm³/mol. The van der Waals surface area contributed by atoms with Crippen molar-refractivity contribution < 1.29 is 24.5 Å². The Balaban J connectivity index is 2.22. The fourth-order valence-electron chi connectivity index (χ4n) is 2.86. The largest absolute Gasteiger partial charge is 0.507 e. The number of esters is 1. The van der Waals surface area contributed by atoms with Crippen molar-refractivity contribution >= 4 is 5.97 Å². The number of hydrogen-bond donors (Lipinski definition) is 2. The number of aromatic hydroxyl groups is 2. The summed E-state index contributed by atoms with van der Waals surface area (Å²) in [4.78, 5) is 11.8. The Morgan fingerprint density at radius 1 is 0.955 bits per heavy atom. The van der Waals surface area contributed by atoms with E-state index in [0.717, 1.165) is 35.1 Å². The van der Waals surface area contributed by atoms with Gasteiger partial charge in [-0.2, -0.15) is 0 Å². The van der Waals surface area contributed by atoms with Crippen molar-refractivity contribution in [2.24, 2.45) is 0 Å². The Kier molecular flexibility index (Phi) is 3.41. The lowest BCUT2D eigenvalue weighted by molar-refractivity contribution is 0.0597. The average molecular weight is 300 g/mol. The van der Waals surface area contributed by atoms with Crippen molar-refractivity contribution in [3.05, 3.63) is 41.0 Å². The first-order valence-electron chi connectivity index (χ1n) is 6.89. The summed E-state index contributed by atoms with van der Waals surface area (Å²) in [5.74, 6) is -0.200. The van der Waals surface area contributed by atoms with Gasteiger partial charge in [0.1, 0.15) is 11.3 Å². The minimum absolute atomic E-state index is 0.0835. The Morgan fingerprint density at radius 3 is 2.14 bits per heavy atom. The average Bonchev–Trinajstić information content (AvgIpc) is 2.52. The van der Waals surface area contributed by atoms with Crippen LogP contribution in [0.2, 0.25) is 0 Å². The molecule has 0 unspecified atom stereocenters. The minimum atomic E-state index is -0.585. The third-order valence-electron chi connectivity index (χ3n) is 3.99. The van der Waals surface area contributed by atoms with Crippen LogP contribution in [0.25, 0.3) is 11.1 Å². The summed E-state index contributed by atoms with van der Waals surface area (Å²) < 4.78 is 9.85. The summed E-state index contributed by atoms with van der Waals surface area (Å²) >= 11 is 0. The monoisotopic (exact) mass is 300 g/mol. The van der Waals surface area contributed by atoms with Crippen molar-refractivity contribution in [1.29, 1.82) is 0 Å². The third-order valence-corrected chi connectivity index (χ3v) is 3.99. The Hall–Kier alpha value is -2.69. The summed E-state index contributed by atoms with van der Waals surface area (Å²) in [6.07, 6.45) is 1.47. The van der Waals surface area contributed by atoms with E-state index in [4.69, 9.17) is 9.47 Å². The molecule has 2 aromatic carbocycles. The quantitative estimate of drug-likeness (QED) is 0.834. The number of aryl methyl sites for hydroxylation is 2. The molecular weight excluding hydrogens is 284 g/mol. The number of ether oxygens (including phenoxy) is 2. The molecule has 0 aromatic heterocycles. The predicted octanol–water partition coefficient (Wildman–Crippen LogP) is 2.66. The highest BCUT2D eigenvalue weighted by Crippen LogP contribution is 2.41. The molecule has 5 nitrogen and oxygen atoms in total. The molecule has 0 radical (unpaired) electrons. The number of phenolic OH excluding ortho intramolecular Hbond substituents is 2. The van der Waals surface area contributed by atoms with Crippen molar-refractivity contribution in [2.75, 3.05) is 14.2 Å². The summed E-state index contributed by atoms with van der Waals surface area (Å²) in [5.41, 5.74) is 3.79. The summed E-state index contributed by atoms with van der Waals surface area (Å²) in [7, 11) is 2.76. The summed E-state index contributed by atoms with van der Waals surface area (Å²) in [5, 5.41) is 19.9. The van der Waals surface area contributed by atoms with Gasteiger partial charge >= 0.3 is 5.97 Å². The molecular formula is C17H16O5. The Bertz CT molecular complexity index is 764. The number of fused-ring (bicyclic) bond motifs is 3. The van der Waals surface area contributed by atoms with Crippen LogP contribution in [-0.2, 0) is 17.6 Å². The van der Waals surface area contributed by atoms with Gasteiger partial charge < -0.3 is 19.7 Å². The molecule has 5 heteroatoms. The van der Waals surface area contributed by atoms with Gasteiger partial charge in [0.2, 0.25) is 0 Å². The molecule has 0 bridgehead atoms. The highest BCUT2D eigenvalue weighted by Gasteiger charge is 2.23. The zero-order valence-electron chi connectivity index (χ0n) is 12.3. The molecule has 0 heterocycles. The number of rotatable bonds is 2. The second-order valence-electron chi connectivity index (χ2n) is 5.20. The van der Waals surface area contributed by atoms with E-state index in [1.165, 1.54) is 14.2 Å². The second-order valence-corrected chi connectivity index (χ2v) is 5.20. The van der Waals surface area contributed by atoms with Crippen LogP contribution in [0.15, 0.2) is 24.3 Å². The lowest BCUT2D eigenvalue weighted by atomic mass is 9.84. The van der Waals surface area contributed by atoms with Gasteiger partial charge in [0.15, 0.2) is 11.5 Å². The van der Waals surface area contributed by atoms with Crippen LogP contribution in [0, 0.1) is 0 Å². The number of carbonyl (C=O) groups is 1. The van der Waals surface area contributed by atoms with E-state index in [-0.39, 0.29) is 17.1 Å². The molecule has 0 spiro atoms. The molecule has 0 fully saturated rings. The number of phenols is 2. The molecule has 0 saturated carbocycles. The van der Waals surface area contributed by atoms with Crippen molar-refractivity contribution in [3.63, 3.8) is 0 Å². The van der Waals surface area contributed by atoms with E-state index in [9.17, 15) is 15.0 Å². The first-order chi connectivity index (χ1) is 10.5. The van der Waals surface area contributed by atoms with Gasteiger partial charge in [-0.25, -0.2) is 4.79 Å². The number of benzene rings is 2. The molecule has 1 aliphatic carbocycles. The van der Waals surface area contributed by atoms with Crippen LogP contribution in [0.3, 0.4) is 0 Å². The fraction of sp³-hybridized carbons (Fsp3) is 0.235. The zero-order valence-corrected chi connectivity index (χ0v) is 12.3.